The van der Waals surface area contributed by atoms with Crippen LogP contribution in [0.2, 0.25) is 0 Å². The number of anilines is 1. The Bertz CT molecular complexity index is 1270. The molecule has 30 heavy (non-hydrogen) atoms. The SMILES string of the molecule is Cc1ccc(-c2nnco2)cc1NC(=O)c1ccc2c(c1)S(=O)(=O)N(C(C)C)C2=O. The van der Waals surface area contributed by atoms with Gasteiger partial charge in [-0.05, 0) is 56.7 Å². The molecule has 4 rings (SSSR count). The summed E-state index contributed by atoms with van der Waals surface area (Å²) >= 11 is 0. The standard InChI is InChI=1S/C20H18N4O5S/c1-11(2)24-20(26)15-7-6-13(9-17(15)30(24,27)28)18(25)22-16-8-14(5-4-12(16)3)19-23-21-10-29-19/h4-11H,1-3H3,(H,22,25). The number of benzene rings is 2. The average molecular weight is 426 g/mol. The molecule has 0 fully saturated rings. The van der Waals surface area contributed by atoms with Crippen LogP contribution >= 0.6 is 0 Å². The van der Waals surface area contributed by atoms with E-state index in [-0.39, 0.29) is 16.0 Å². The monoisotopic (exact) mass is 426 g/mol. The molecule has 1 N–H and O–H groups in total. The smallest absolute Gasteiger partial charge is 0.269 e. The van der Waals surface area contributed by atoms with Gasteiger partial charge in [-0.2, -0.15) is 0 Å². The summed E-state index contributed by atoms with van der Waals surface area (Å²) in [4.78, 5) is 25.1. The quantitative estimate of drug-likeness (QED) is 0.680. The molecule has 2 heterocycles. The van der Waals surface area contributed by atoms with Crippen LogP contribution in [0.1, 0.15) is 40.1 Å². The Labute approximate surface area is 172 Å². The summed E-state index contributed by atoms with van der Waals surface area (Å²) < 4.78 is 31.5. The van der Waals surface area contributed by atoms with Gasteiger partial charge in [0.05, 0.1) is 5.56 Å². The van der Waals surface area contributed by atoms with E-state index in [2.05, 4.69) is 15.5 Å². The fraction of sp³-hybridized carbons (Fsp3) is 0.200. The summed E-state index contributed by atoms with van der Waals surface area (Å²) in [6.45, 7) is 5.06. The Morgan fingerprint density at radius 2 is 1.93 bits per heavy atom. The van der Waals surface area contributed by atoms with Gasteiger partial charge < -0.3 is 9.73 Å². The first-order chi connectivity index (χ1) is 14.2. The maximum atomic E-state index is 12.8. The summed E-state index contributed by atoms with van der Waals surface area (Å²) in [7, 11) is -3.99. The van der Waals surface area contributed by atoms with Crippen molar-refractivity contribution in [1.29, 1.82) is 0 Å². The number of carbonyl (C=O) groups excluding carboxylic acids is 2. The fourth-order valence-electron chi connectivity index (χ4n) is 3.28. The van der Waals surface area contributed by atoms with Crippen LogP contribution in [-0.4, -0.2) is 40.8 Å². The van der Waals surface area contributed by atoms with Gasteiger partial charge in [0.1, 0.15) is 4.90 Å². The van der Waals surface area contributed by atoms with Gasteiger partial charge in [-0.1, -0.05) is 6.07 Å². The van der Waals surface area contributed by atoms with Crippen LogP contribution in [0, 0.1) is 6.92 Å². The zero-order valence-corrected chi connectivity index (χ0v) is 17.2. The lowest BCUT2D eigenvalue weighted by molar-refractivity contribution is 0.0846. The Morgan fingerprint density at radius 1 is 1.17 bits per heavy atom. The number of hydrogen-bond donors (Lipinski definition) is 1. The molecule has 0 radical (unpaired) electrons. The molecule has 0 unspecified atom stereocenters. The molecule has 1 aliphatic rings. The Kier molecular flexibility index (Phi) is 4.65. The predicted molar refractivity (Wildman–Crippen MR) is 107 cm³/mol. The van der Waals surface area contributed by atoms with Crippen molar-refractivity contribution in [3.8, 4) is 11.5 Å². The lowest BCUT2D eigenvalue weighted by atomic mass is 10.1. The van der Waals surface area contributed by atoms with E-state index in [0.29, 0.717) is 17.1 Å². The van der Waals surface area contributed by atoms with Crippen molar-refractivity contribution in [2.45, 2.75) is 31.7 Å². The zero-order valence-electron chi connectivity index (χ0n) is 16.4. The Balaban J connectivity index is 1.66. The highest BCUT2D eigenvalue weighted by Crippen LogP contribution is 2.33. The molecule has 10 heteroatoms. The molecule has 0 atom stereocenters. The molecule has 0 aliphatic carbocycles. The molecule has 0 bridgehead atoms. The molecule has 3 aromatic rings. The third kappa shape index (κ3) is 3.14. The second-order valence-corrected chi connectivity index (χ2v) is 8.92. The van der Waals surface area contributed by atoms with Crippen LogP contribution in [0.25, 0.3) is 11.5 Å². The van der Waals surface area contributed by atoms with Crippen LogP contribution in [0.3, 0.4) is 0 Å². The second-order valence-electron chi connectivity index (χ2n) is 7.14. The first-order valence-corrected chi connectivity index (χ1v) is 10.6. The van der Waals surface area contributed by atoms with Crippen molar-refractivity contribution in [3.63, 3.8) is 0 Å². The third-order valence-corrected chi connectivity index (χ3v) is 6.77. The summed E-state index contributed by atoms with van der Waals surface area (Å²) in [5, 5.41) is 10.3. The van der Waals surface area contributed by atoms with E-state index in [1.54, 1.807) is 32.0 Å². The number of nitrogens with one attached hydrogen (secondary N) is 1. The molecular formula is C20H18N4O5S. The van der Waals surface area contributed by atoms with E-state index < -0.39 is 27.9 Å². The zero-order chi connectivity index (χ0) is 21.6. The number of aromatic nitrogens is 2. The molecule has 2 aromatic carbocycles. The minimum Gasteiger partial charge on any atom is -0.423 e. The van der Waals surface area contributed by atoms with Gasteiger partial charge in [0.2, 0.25) is 12.3 Å². The van der Waals surface area contributed by atoms with Crippen molar-refractivity contribution >= 4 is 27.5 Å². The highest BCUT2D eigenvalue weighted by molar-refractivity contribution is 7.90. The molecular weight excluding hydrogens is 408 g/mol. The Hall–Kier alpha value is -3.53. The molecule has 2 amide bonds. The minimum absolute atomic E-state index is 0.0646. The van der Waals surface area contributed by atoms with E-state index in [1.807, 2.05) is 6.92 Å². The van der Waals surface area contributed by atoms with Gasteiger partial charge in [-0.3, -0.25) is 9.59 Å². The van der Waals surface area contributed by atoms with Crippen LogP contribution in [-0.2, 0) is 10.0 Å². The lowest BCUT2D eigenvalue weighted by Gasteiger charge is -2.18. The maximum absolute atomic E-state index is 12.8. The van der Waals surface area contributed by atoms with Gasteiger partial charge >= 0.3 is 0 Å². The largest absolute Gasteiger partial charge is 0.423 e. The van der Waals surface area contributed by atoms with Gasteiger partial charge in [-0.15, -0.1) is 10.2 Å². The van der Waals surface area contributed by atoms with Crippen molar-refractivity contribution in [2.24, 2.45) is 0 Å². The average Bonchev–Trinajstić information content (AvgIpc) is 3.29. The van der Waals surface area contributed by atoms with Crippen LogP contribution < -0.4 is 5.32 Å². The van der Waals surface area contributed by atoms with E-state index >= 15 is 0 Å². The summed E-state index contributed by atoms with van der Waals surface area (Å²) in [6, 6.07) is 8.78. The fourth-order valence-corrected chi connectivity index (χ4v) is 5.08. The van der Waals surface area contributed by atoms with Crippen molar-refractivity contribution in [2.75, 3.05) is 5.32 Å². The molecule has 1 aliphatic heterocycles. The van der Waals surface area contributed by atoms with E-state index in [0.717, 1.165) is 9.87 Å². The van der Waals surface area contributed by atoms with Crippen molar-refractivity contribution in [1.82, 2.24) is 14.5 Å². The van der Waals surface area contributed by atoms with Crippen LogP contribution in [0.4, 0.5) is 5.69 Å². The number of rotatable bonds is 4. The topological polar surface area (TPSA) is 122 Å². The second kappa shape index (κ2) is 7.06. The van der Waals surface area contributed by atoms with Crippen LogP contribution in [0.15, 0.2) is 52.1 Å². The minimum atomic E-state index is -3.99. The highest BCUT2D eigenvalue weighted by atomic mass is 32.2. The van der Waals surface area contributed by atoms with Gasteiger partial charge in [0.15, 0.2) is 0 Å². The Morgan fingerprint density at radius 3 is 2.60 bits per heavy atom. The number of carbonyl (C=O) groups is 2. The molecule has 154 valence electrons. The van der Waals surface area contributed by atoms with Gasteiger partial charge in [0.25, 0.3) is 21.8 Å². The lowest BCUT2D eigenvalue weighted by Crippen LogP contribution is -2.36. The summed E-state index contributed by atoms with van der Waals surface area (Å²) in [6.07, 6.45) is 1.21. The molecule has 9 nitrogen and oxygen atoms in total. The van der Waals surface area contributed by atoms with Gasteiger partial charge in [-0.25, -0.2) is 12.7 Å². The molecule has 0 spiro atoms. The molecule has 0 saturated heterocycles. The summed E-state index contributed by atoms with van der Waals surface area (Å²) in [5.41, 5.74) is 2.12. The molecule has 1 aromatic heterocycles. The van der Waals surface area contributed by atoms with E-state index in [9.17, 15) is 18.0 Å². The number of nitrogens with zero attached hydrogens (tertiary/aromatic N) is 3. The first-order valence-electron chi connectivity index (χ1n) is 9.11. The highest BCUT2D eigenvalue weighted by Gasteiger charge is 2.42. The molecule has 0 saturated carbocycles. The number of hydrogen-bond acceptors (Lipinski definition) is 7. The van der Waals surface area contributed by atoms with Crippen molar-refractivity contribution in [3.05, 3.63) is 59.5 Å². The summed E-state index contributed by atoms with van der Waals surface area (Å²) in [5.74, 6) is -0.786. The first kappa shape index (κ1) is 19.8. The predicted octanol–water partition coefficient (Wildman–Crippen LogP) is 2.85. The number of fused-ring (bicyclic) bond motifs is 1. The normalized spacial score (nSPS) is 14.8. The number of amides is 2. The van der Waals surface area contributed by atoms with Crippen molar-refractivity contribution < 1.29 is 22.4 Å². The maximum Gasteiger partial charge on any atom is 0.269 e. The van der Waals surface area contributed by atoms with Crippen LogP contribution in [0.5, 0.6) is 0 Å². The number of aryl methyl sites for hydroxylation is 1. The van der Waals surface area contributed by atoms with Gasteiger partial charge in [0, 0.05) is 22.9 Å². The van der Waals surface area contributed by atoms with E-state index in [4.69, 9.17) is 4.42 Å². The van der Waals surface area contributed by atoms with E-state index in [1.165, 1.54) is 24.6 Å². The number of sulfonamides is 1. The third-order valence-electron chi connectivity index (χ3n) is 4.77.